The summed E-state index contributed by atoms with van der Waals surface area (Å²) in [6.07, 6.45) is 2.11. The van der Waals surface area contributed by atoms with Gasteiger partial charge in [0, 0.05) is 17.8 Å². The van der Waals surface area contributed by atoms with Crippen LogP contribution in [0.25, 0.3) is 4.85 Å². The first-order valence-corrected chi connectivity index (χ1v) is 11.9. The van der Waals surface area contributed by atoms with Crippen LogP contribution in [-0.4, -0.2) is 48.3 Å². The largest absolute Gasteiger partial charge is 0.504 e. The number of carbonyl (C=O) groups excluding carboxylic acids is 2. The van der Waals surface area contributed by atoms with E-state index in [1.54, 1.807) is 36.4 Å². The molecular weight excluding hydrogens is 512 g/mol. The van der Waals surface area contributed by atoms with Gasteiger partial charge in [0.1, 0.15) is 11.6 Å². The molecule has 1 unspecified atom stereocenters. The monoisotopic (exact) mass is 538 g/mol. The lowest BCUT2D eigenvalue weighted by Crippen LogP contribution is -2.42. The zero-order chi connectivity index (χ0) is 27.5. The fourth-order valence-electron chi connectivity index (χ4n) is 3.31. The Morgan fingerprint density at radius 3 is 2.68 bits per heavy atom. The number of ether oxygens (including phenoxy) is 2. The van der Waals surface area contributed by atoms with Gasteiger partial charge in [-0.1, -0.05) is 23.7 Å². The molecule has 11 nitrogen and oxygen atoms in total. The lowest BCUT2D eigenvalue weighted by molar-refractivity contribution is -0.122. The van der Waals surface area contributed by atoms with Gasteiger partial charge in [0.25, 0.3) is 0 Å². The molecule has 1 aromatic heterocycles. The topological polar surface area (TPSA) is 152 Å². The van der Waals surface area contributed by atoms with Crippen LogP contribution < -0.4 is 31.2 Å². The molecule has 3 amide bonds. The molecule has 6 N–H and O–H groups in total. The molecule has 3 rings (SSSR count). The zero-order valence-corrected chi connectivity index (χ0v) is 21.3. The highest BCUT2D eigenvalue weighted by Gasteiger charge is 2.15. The van der Waals surface area contributed by atoms with E-state index in [0.29, 0.717) is 40.9 Å². The van der Waals surface area contributed by atoms with E-state index < -0.39 is 12.1 Å². The van der Waals surface area contributed by atoms with E-state index in [1.165, 1.54) is 25.4 Å². The standard InChI is InChI=1S/C26H27ClN6O5/c1-29-18-6-9-24(31-15-18)33-26(36)32-20-14-17(27)5-8-22(20)38-11-3-10-30-25(35)19(28)12-16-4-7-21(34)23(13-16)37-2/h4-9,13-15,19,34H,3,10-12,28H2,2H3,(H,30,35)(H2,31,32,33,36). The van der Waals surface area contributed by atoms with Crippen LogP contribution in [-0.2, 0) is 11.2 Å². The average molecular weight is 539 g/mol. The third-order valence-electron chi connectivity index (χ3n) is 5.22. The number of benzene rings is 2. The number of nitrogens with zero attached hydrogens (tertiary/aromatic N) is 2. The van der Waals surface area contributed by atoms with Crippen LogP contribution in [0.4, 0.5) is 22.0 Å². The molecule has 1 heterocycles. The van der Waals surface area contributed by atoms with Gasteiger partial charge in [-0.25, -0.2) is 9.64 Å². The van der Waals surface area contributed by atoms with E-state index in [1.807, 2.05) is 0 Å². The highest BCUT2D eigenvalue weighted by atomic mass is 35.5. The molecule has 0 saturated carbocycles. The van der Waals surface area contributed by atoms with Gasteiger partial charge in [0.2, 0.25) is 11.6 Å². The van der Waals surface area contributed by atoms with E-state index in [-0.39, 0.29) is 30.5 Å². The molecule has 198 valence electrons. The molecule has 0 bridgehead atoms. The number of aromatic hydroxyl groups is 1. The Morgan fingerprint density at radius 2 is 1.97 bits per heavy atom. The second kappa shape index (κ2) is 13.7. The van der Waals surface area contributed by atoms with Gasteiger partial charge in [0.05, 0.1) is 32.0 Å². The Morgan fingerprint density at radius 1 is 1.16 bits per heavy atom. The SMILES string of the molecule is [C-]#[N+]c1ccc(NC(=O)Nc2cc(Cl)ccc2OCCCNC(=O)C(N)Cc2ccc(O)c(OC)c2)nc1. The minimum absolute atomic E-state index is 0.0122. The lowest BCUT2D eigenvalue weighted by Gasteiger charge is -2.15. The molecule has 0 radical (unpaired) electrons. The van der Waals surface area contributed by atoms with Crippen molar-refractivity contribution in [1.82, 2.24) is 10.3 Å². The van der Waals surface area contributed by atoms with Crippen molar-refractivity contribution in [3.05, 3.63) is 76.7 Å². The molecule has 0 fully saturated rings. The van der Waals surface area contributed by atoms with Crippen LogP contribution in [0.2, 0.25) is 5.02 Å². The third kappa shape index (κ3) is 8.26. The normalized spacial score (nSPS) is 11.1. The molecule has 0 aliphatic heterocycles. The van der Waals surface area contributed by atoms with E-state index in [9.17, 15) is 14.7 Å². The first kappa shape index (κ1) is 28.0. The van der Waals surface area contributed by atoms with Gasteiger partial charge in [-0.3, -0.25) is 15.1 Å². The lowest BCUT2D eigenvalue weighted by atomic mass is 10.1. The minimum atomic E-state index is -0.775. The van der Waals surface area contributed by atoms with Crippen molar-refractivity contribution < 1.29 is 24.2 Å². The van der Waals surface area contributed by atoms with Gasteiger partial charge < -0.3 is 30.9 Å². The summed E-state index contributed by atoms with van der Waals surface area (Å²) in [5, 5.41) is 18.1. The summed E-state index contributed by atoms with van der Waals surface area (Å²) in [6, 6.07) is 11.3. The van der Waals surface area contributed by atoms with Crippen molar-refractivity contribution in [3.8, 4) is 17.2 Å². The van der Waals surface area contributed by atoms with Crippen LogP contribution in [0.5, 0.6) is 17.2 Å². The predicted octanol–water partition coefficient (Wildman–Crippen LogP) is 4.10. The number of phenolic OH excluding ortho intramolecular Hbond substituents is 1. The number of methoxy groups -OCH3 is 1. The summed E-state index contributed by atoms with van der Waals surface area (Å²) in [5.41, 5.74) is 7.48. The number of amides is 3. The average Bonchev–Trinajstić information content (AvgIpc) is 2.90. The molecule has 2 aromatic carbocycles. The van der Waals surface area contributed by atoms with Gasteiger partial charge in [0.15, 0.2) is 11.5 Å². The summed E-state index contributed by atoms with van der Waals surface area (Å²) in [4.78, 5) is 32.0. The molecule has 0 aliphatic rings. The number of nitrogens with one attached hydrogen (secondary N) is 3. The number of halogens is 1. The zero-order valence-electron chi connectivity index (χ0n) is 20.5. The van der Waals surface area contributed by atoms with Crippen molar-refractivity contribution in [2.75, 3.05) is 30.9 Å². The predicted molar refractivity (Wildman–Crippen MR) is 144 cm³/mol. The van der Waals surface area contributed by atoms with Crippen molar-refractivity contribution in [2.45, 2.75) is 18.9 Å². The Hall–Kier alpha value is -4.53. The highest BCUT2D eigenvalue weighted by Crippen LogP contribution is 2.29. The van der Waals surface area contributed by atoms with E-state index in [0.717, 1.165) is 5.56 Å². The van der Waals surface area contributed by atoms with Gasteiger partial charge >= 0.3 is 6.03 Å². The Bertz CT molecular complexity index is 1310. The summed E-state index contributed by atoms with van der Waals surface area (Å²) in [5.74, 6) is 0.676. The van der Waals surface area contributed by atoms with Crippen LogP contribution in [0, 0.1) is 6.57 Å². The maximum Gasteiger partial charge on any atom is 0.324 e. The maximum absolute atomic E-state index is 12.4. The molecule has 0 aliphatic carbocycles. The van der Waals surface area contributed by atoms with E-state index >= 15 is 0 Å². The quantitative estimate of drug-likeness (QED) is 0.182. The maximum atomic E-state index is 12.4. The molecule has 0 saturated heterocycles. The molecule has 3 aromatic rings. The molecular formula is C26H27ClN6O5. The van der Waals surface area contributed by atoms with Gasteiger partial charge in [-0.15, -0.1) is 0 Å². The fraction of sp³-hybridized carbons (Fsp3) is 0.231. The molecule has 0 spiro atoms. The Balaban J connectivity index is 1.45. The second-order valence-electron chi connectivity index (χ2n) is 8.04. The van der Waals surface area contributed by atoms with Crippen molar-refractivity contribution >= 4 is 40.7 Å². The number of urea groups is 1. The van der Waals surface area contributed by atoms with Crippen LogP contribution in [0.1, 0.15) is 12.0 Å². The Kier molecular flexibility index (Phi) is 10.1. The number of phenols is 1. The minimum Gasteiger partial charge on any atom is -0.504 e. The van der Waals surface area contributed by atoms with E-state index in [4.69, 9.17) is 33.4 Å². The summed E-state index contributed by atoms with van der Waals surface area (Å²) < 4.78 is 10.9. The van der Waals surface area contributed by atoms with Gasteiger partial charge in [-0.2, -0.15) is 0 Å². The second-order valence-corrected chi connectivity index (χ2v) is 8.48. The molecule has 12 heteroatoms. The van der Waals surface area contributed by atoms with E-state index in [2.05, 4.69) is 25.8 Å². The number of pyridine rings is 1. The smallest absolute Gasteiger partial charge is 0.324 e. The van der Waals surface area contributed by atoms with Crippen LogP contribution in [0.3, 0.4) is 0 Å². The summed E-state index contributed by atoms with van der Waals surface area (Å²) in [6.45, 7) is 7.53. The Labute approximate surface area is 224 Å². The van der Waals surface area contributed by atoms with Crippen molar-refractivity contribution in [1.29, 1.82) is 0 Å². The number of nitrogens with two attached hydrogens (primary N) is 1. The molecule has 1 atom stereocenters. The van der Waals surface area contributed by atoms with Gasteiger partial charge in [-0.05, 0) is 54.8 Å². The number of hydrogen-bond acceptors (Lipinski definition) is 7. The number of carbonyl (C=O) groups is 2. The highest BCUT2D eigenvalue weighted by molar-refractivity contribution is 6.31. The first-order chi connectivity index (χ1) is 18.3. The molecule has 38 heavy (non-hydrogen) atoms. The van der Waals surface area contributed by atoms with Crippen LogP contribution >= 0.6 is 11.6 Å². The number of rotatable bonds is 11. The fourth-order valence-corrected chi connectivity index (χ4v) is 3.49. The van der Waals surface area contributed by atoms with Crippen molar-refractivity contribution in [3.63, 3.8) is 0 Å². The summed E-state index contributed by atoms with van der Waals surface area (Å²) >= 11 is 6.08. The number of hydrogen-bond donors (Lipinski definition) is 5. The summed E-state index contributed by atoms with van der Waals surface area (Å²) in [7, 11) is 1.45. The van der Waals surface area contributed by atoms with Crippen LogP contribution in [0.15, 0.2) is 54.7 Å². The number of anilines is 2. The first-order valence-electron chi connectivity index (χ1n) is 11.5. The van der Waals surface area contributed by atoms with Crippen molar-refractivity contribution in [2.24, 2.45) is 5.73 Å². The number of aromatic nitrogens is 1. The third-order valence-corrected chi connectivity index (χ3v) is 5.46.